The maximum absolute atomic E-state index is 6.16. The van der Waals surface area contributed by atoms with Crippen molar-refractivity contribution in [2.24, 2.45) is 0 Å². The molecule has 182 valence electrons. The highest BCUT2D eigenvalue weighted by atomic mass is 32.1. The number of aromatic nitrogens is 1. The van der Waals surface area contributed by atoms with Crippen molar-refractivity contribution in [3.8, 4) is 0 Å². The van der Waals surface area contributed by atoms with Crippen molar-refractivity contribution in [2.75, 3.05) is 4.90 Å². The molecule has 4 aromatic carbocycles. The summed E-state index contributed by atoms with van der Waals surface area (Å²) in [5.41, 5.74) is 6.89. The molecule has 0 fully saturated rings. The van der Waals surface area contributed by atoms with E-state index in [2.05, 4.69) is 107 Å². The molecule has 0 saturated heterocycles. The third-order valence-electron chi connectivity index (χ3n) is 7.83. The van der Waals surface area contributed by atoms with Gasteiger partial charge in [-0.3, -0.25) is 4.98 Å². The van der Waals surface area contributed by atoms with Crippen molar-refractivity contribution in [1.29, 1.82) is 0 Å². The van der Waals surface area contributed by atoms with Gasteiger partial charge < -0.3 is 9.32 Å². The summed E-state index contributed by atoms with van der Waals surface area (Å²) >= 11 is 3.80. The normalized spacial score (nSPS) is 13.0. The molecule has 0 N–H and O–H groups in total. The second-order valence-corrected chi connectivity index (χ2v) is 12.1. The Morgan fingerprint density at radius 3 is 2.28 bits per heavy atom. The van der Waals surface area contributed by atoms with Crippen molar-refractivity contribution in [2.45, 2.75) is 0 Å². The van der Waals surface area contributed by atoms with Crippen molar-refractivity contribution in [3.63, 3.8) is 0 Å². The number of hydrogen-bond acceptors (Lipinski definition) is 5. The predicted octanol–water partition coefficient (Wildman–Crippen LogP) is 7.71. The van der Waals surface area contributed by atoms with Crippen LogP contribution in [-0.4, -0.2) is 11.7 Å². The zero-order valence-electron chi connectivity index (χ0n) is 20.7. The number of pyridine rings is 1. The zero-order valence-corrected chi connectivity index (χ0v) is 22.3. The average molecular weight is 534 g/mol. The summed E-state index contributed by atoms with van der Waals surface area (Å²) in [6.07, 6.45) is 3.69. The van der Waals surface area contributed by atoms with Crippen LogP contribution >= 0.6 is 22.7 Å². The van der Waals surface area contributed by atoms with Gasteiger partial charge in [0.25, 0.3) is 6.71 Å². The second kappa shape index (κ2) is 8.06. The van der Waals surface area contributed by atoms with Crippen LogP contribution in [0.5, 0.6) is 0 Å². The average Bonchev–Trinajstić information content (AvgIpc) is 3.67. The lowest BCUT2D eigenvalue weighted by Crippen LogP contribution is -2.55. The molecule has 0 saturated carbocycles. The van der Waals surface area contributed by atoms with E-state index in [1.54, 1.807) is 6.20 Å². The Kier molecular flexibility index (Phi) is 4.45. The molecule has 39 heavy (non-hydrogen) atoms. The topological polar surface area (TPSA) is 29.3 Å². The number of fused-ring (bicyclic) bond motifs is 9. The van der Waals surface area contributed by atoms with Gasteiger partial charge in [-0.15, -0.1) is 22.7 Å². The fourth-order valence-electron chi connectivity index (χ4n) is 6.17. The van der Waals surface area contributed by atoms with Gasteiger partial charge in [0.05, 0.1) is 10.7 Å². The SMILES string of the molecule is c1ccc(B2c3sc4ccccc4c3N(c3ccc4oc5ccncc5c4c3)c3sc4ccccc4c32)cc1. The Morgan fingerprint density at radius 1 is 0.667 bits per heavy atom. The lowest BCUT2D eigenvalue weighted by molar-refractivity contribution is 0.668. The third-order valence-corrected chi connectivity index (χ3v) is 10.2. The van der Waals surface area contributed by atoms with Crippen LogP contribution in [0.4, 0.5) is 16.4 Å². The van der Waals surface area contributed by atoms with Crippen LogP contribution in [-0.2, 0) is 0 Å². The Labute approximate surface area is 232 Å². The molecule has 5 heterocycles. The van der Waals surface area contributed by atoms with E-state index in [1.165, 1.54) is 46.6 Å². The van der Waals surface area contributed by atoms with E-state index in [-0.39, 0.29) is 6.71 Å². The van der Waals surface area contributed by atoms with E-state index in [9.17, 15) is 0 Å². The lowest BCUT2D eigenvalue weighted by atomic mass is 9.38. The van der Waals surface area contributed by atoms with Gasteiger partial charge in [0, 0.05) is 48.4 Å². The molecule has 8 aromatic rings. The van der Waals surface area contributed by atoms with E-state index in [4.69, 9.17) is 4.42 Å². The first-order valence-corrected chi connectivity index (χ1v) is 14.6. The summed E-state index contributed by atoms with van der Waals surface area (Å²) in [5, 5.41) is 6.04. The van der Waals surface area contributed by atoms with Crippen LogP contribution in [0.3, 0.4) is 0 Å². The van der Waals surface area contributed by atoms with Crippen LogP contribution in [0.15, 0.2) is 120 Å². The molecule has 0 unspecified atom stereocenters. The summed E-state index contributed by atoms with van der Waals surface area (Å²) in [7, 11) is 0. The molecule has 6 heteroatoms. The van der Waals surface area contributed by atoms with Gasteiger partial charge in [-0.05, 0) is 47.2 Å². The number of furan rings is 1. The van der Waals surface area contributed by atoms with Gasteiger partial charge in [-0.25, -0.2) is 0 Å². The summed E-state index contributed by atoms with van der Waals surface area (Å²) in [6.45, 7) is 0.170. The Morgan fingerprint density at radius 2 is 1.41 bits per heavy atom. The standard InChI is InChI=1S/C33H19BN2OS2/c1-2-8-20(9-3-1)34-30-22-10-4-6-12-28(22)39-33(30)36(31-23-11-5-7-13-29(23)38-32(31)34)21-14-15-26-24(18-21)25-19-35-17-16-27(25)37-26/h1-19H. The van der Waals surface area contributed by atoms with E-state index < -0.39 is 0 Å². The number of benzene rings is 4. The van der Waals surface area contributed by atoms with Gasteiger partial charge in [-0.2, -0.15) is 0 Å². The molecule has 0 aliphatic carbocycles. The smallest absolute Gasteiger partial charge is 0.261 e. The van der Waals surface area contributed by atoms with Gasteiger partial charge in [0.1, 0.15) is 11.2 Å². The first-order valence-electron chi connectivity index (χ1n) is 13.0. The van der Waals surface area contributed by atoms with Gasteiger partial charge in [0.2, 0.25) is 0 Å². The Balaban J connectivity index is 1.41. The van der Waals surface area contributed by atoms with Crippen LogP contribution in [0.1, 0.15) is 0 Å². The van der Waals surface area contributed by atoms with Crippen molar-refractivity contribution < 1.29 is 4.42 Å². The van der Waals surface area contributed by atoms with Crippen molar-refractivity contribution in [3.05, 3.63) is 116 Å². The first kappa shape index (κ1) is 21.5. The molecule has 0 bridgehead atoms. The minimum Gasteiger partial charge on any atom is -0.456 e. The van der Waals surface area contributed by atoms with E-state index in [0.29, 0.717) is 0 Å². The maximum atomic E-state index is 6.16. The Bertz CT molecular complexity index is 2210. The number of nitrogens with zero attached hydrogens (tertiary/aromatic N) is 2. The number of anilines is 3. The van der Waals surface area contributed by atoms with Crippen LogP contribution < -0.4 is 20.6 Å². The monoisotopic (exact) mass is 534 g/mol. The number of thiophene rings is 2. The van der Waals surface area contributed by atoms with Crippen LogP contribution in [0, 0.1) is 0 Å². The van der Waals surface area contributed by atoms with Crippen molar-refractivity contribution >= 4 is 104 Å². The highest BCUT2D eigenvalue weighted by molar-refractivity contribution is 7.35. The van der Waals surface area contributed by atoms with Gasteiger partial charge >= 0.3 is 0 Å². The van der Waals surface area contributed by atoms with E-state index >= 15 is 0 Å². The Hall–Kier alpha value is -4.39. The molecule has 0 atom stereocenters. The molecule has 3 nitrogen and oxygen atoms in total. The molecule has 0 spiro atoms. The number of hydrogen-bond donors (Lipinski definition) is 0. The maximum Gasteiger partial charge on any atom is 0.261 e. The summed E-state index contributed by atoms with van der Waals surface area (Å²) in [4.78, 5) is 6.89. The minimum atomic E-state index is 0.170. The lowest BCUT2D eigenvalue weighted by Gasteiger charge is -2.33. The van der Waals surface area contributed by atoms with Gasteiger partial charge in [-0.1, -0.05) is 72.2 Å². The van der Waals surface area contributed by atoms with E-state index in [0.717, 1.165) is 27.6 Å². The molecular weight excluding hydrogens is 515 g/mol. The van der Waals surface area contributed by atoms with Crippen molar-refractivity contribution in [1.82, 2.24) is 4.98 Å². The quantitative estimate of drug-likeness (QED) is 0.213. The van der Waals surface area contributed by atoms with Crippen LogP contribution in [0.2, 0.25) is 0 Å². The molecule has 1 aliphatic rings. The minimum absolute atomic E-state index is 0.170. The molecule has 0 amide bonds. The van der Waals surface area contributed by atoms with E-state index in [1.807, 2.05) is 34.9 Å². The molecule has 4 aromatic heterocycles. The second-order valence-electron chi connectivity index (χ2n) is 9.96. The zero-order chi connectivity index (χ0) is 25.5. The summed E-state index contributed by atoms with van der Waals surface area (Å²) in [6, 6.07) is 37.2. The summed E-state index contributed by atoms with van der Waals surface area (Å²) < 4.78 is 10.2. The highest BCUT2D eigenvalue weighted by Crippen LogP contribution is 2.48. The largest absolute Gasteiger partial charge is 0.456 e. The fourth-order valence-corrected chi connectivity index (χ4v) is 8.76. The summed E-state index contributed by atoms with van der Waals surface area (Å²) in [5.74, 6) is 0. The van der Waals surface area contributed by atoms with Gasteiger partial charge in [0.15, 0.2) is 0 Å². The third kappa shape index (κ3) is 3.01. The molecule has 9 rings (SSSR count). The molecule has 0 radical (unpaired) electrons. The number of rotatable bonds is 2. The predicted molar refractivity (Wildman–Crippen MR) is 168 cm³/mol. The highest BCUT2D eigenvalue weighted by Gasteiger charge is 2.40. The molecule has 1 aliphatic heterocycles. The first-order chi connectivity index (χ1) is 19.3. The fraction of sp³-hybridized carbons (Fsp3) is 0. The molecular formula is C33H19BN2OS2. The van der Waals surface area contributed by atoms with Crippen LogP contribution in [0.25, 0.3) is 42.1 Å².